The number of anilines is 1. The number of rotatable bonds is 9. The van der Waals surface area contributed by atoms with Crippen LogP contribution in [-0.2, 0) is 6.54 Å². The molecule has 4 aromatic rings. The normalized spacial score (nSPS) is 14.8. The van der Waals surface area contributed by atoms with Crippen LogP contribution in [-0.4, -0.2) is 60.8 Å². The molecule has 5 heteroatoms. The van der Waals surface area contributed by atoms with E-state index in [0.717, 1.165) is 69.4 Å². The van der Waals surface area contributed by atoms with Gasteiger partial charge in [0.15, 0.2) is 5.76 Å². The van der Waals surface area contributed by atoms with Gasteiger partial charge in [-0.05, 0) is 49.0 Å². The summed E-state index contributed by atoms with van der Waals surface area (Å²) in [5.41, 5.74) is 3.39. The van der Waals surface area contributed by atoms with Gasteiger partial charge in [0, 0.05) is 43.5 Å². The summed E-state index contributed by atoms with van der Waals surface area (Å²) in [5.74, 6) is 0.932. The second-order valence-electron chi connectivity index (χ2n) is 9.09. The number of para-hydroxylation sites is 1. The van der Waals surface area contributed by atoms with Crippen LogP contribution in [0.1, 0.15) is 19.1 Å². The Kier molecular flexibility index (Phi) is 7.22. The van der Waals surface area contributed by atoms with Crippen molar-refractivity contribution in [1.29, 1.82) is 0 Å². The van der Waals surface area contributed by atoms with Crippen LogP contribution in [0.2, 0.25) is 0 Å². The van der Waals surface area contributed by atoms with Gasteiger partial charge in [0.1, 0.15) is 5.69 Å². The molecule has 1 aliphatic rings. The maximum atomic E-state index is 5.74. The molecule has 0 aliphatic carbocycles. The van der Waals surface area contributed by atoms with Gasteiger partial charge in [-0.25, -0.2) is 0 Å². The van der Waals surface area contributed by atoms with E-state index in [4.69, 9.17) is 4.52 Å². The van der Waals surface area contributed by atoms with E-state index in [0.29, 0.717) is 0 Å². The van der Waals surface area contributed by atoms with Crippen LogP contribution in [0.5, 0.6) is 0 Å². The Morgan fingerprint density at radius 1 is 0.882 bits per heavy atom. The summed E-state index contributed by atoms with van der Waals surface area (Å²) in [6.07, 6.45) is 1.17. The van der Waals surface area contributed by atoms with Crippen molar-refractivity contribution < 1.29 is 4.52 Å². The summed E-state index contributed by atoms with van der Waals surface area (Å²) in [6.45, 7) is 10.7. The second kappa shape index (κ2) is 10.9. The van der Waals surface area contributed by atoms with E-state index in [1.54, 1.807) is 0 Å². The fraction of sp³-hybridized carbons (Fsp3) is 0.345. The first-order valence-electron chi connectivity index (χ1n) is 12.5. The molecule has 5 nitrogen and oxygen atoms in total. The SMILES string of the molecule is CCN(CCCN1CCN(c2ccccc2)CC1)Cc1cc(-c2cccc3ccccc23)no1. The van der Waals surface area contributed by atoms with Gasteiger partial charge in [0.2, 0.25) is 0 Å². The molecule has 3 aromatic carbocycles. The highest BCUT2D eigenvalue weighted by Crippen LogP contribution is 2.28. The molecule has 0 atom stereocenters. The van der Waals surface area contributed by atoms with E-state index in [-0.39, 0.29) is 0 Å². The van der Waals surface area contributed by atoms with E-state index >= 15 is 0 Å². The average Bonchev–Trinajstić information content (AvgIpc) is 3.37. The molecule has 0 saturated carbocycles. The summed E-state index contributed by atoms with van der Waals surface area (Å²) in [5, 5.41) is 6.83. The third-order valence-corrected chi connectivity index (χ3v) is 6.89. The third kappa shape index (κ3) is 5.32. The lowest BCUT2D eigenvalue weighted by Crippen LogP contribution is -2.47. The van der Waals surface area contributed by atoms with E-state index < -0.39 is 0 Å². The summed E-state index contributed by atoms with van der Waals surface area (Å²) >= 11 is 0. The highest BCUT2D eigenvalue weighted by atomic mass is 16.5. The molecule has 0 radical (unpaired) electrons. The van der Waals surface area contributed by atoms with Crippen LogP contribution in [0.15, 0.2) is 83.4 Å². The van der Waals surface area contributed by atoms with Crippen LogP contribution in [0.4, 0.5) is 5.69 Å². The Labute approximate surface area is 202 Å². The predicted octanol–water partition coefficient (Wildman–Crippen LogP) is 5.53. The lowest BCUT2D eigenvalue weighted by Gasteiger charge is -2.36. The number of benzene rings is 3. The molecule has 0 spiro atoms. The second-order valence-corrected chi connectivity index (χ2v) is 9.09. The molecule has 1 fully saturated rings. The largest absolute Gasteiger partial charge is 0.369 e. The maximum Gasteiger partial charge on any atom is 0.151 e. The average molecular weight is 455 g/mol. The first-order chi connectivity index (χ1) is 16.8. The fourth-order valence-corrected chi connectivity index (χ4v) is 4.92. The predicted molar refractivity (Wildman–Crippen MR) is 140 cm³/mol. The van der Waals surface area contributed by atoms with E-state index in [1.807, 2.05) is 0 Å². The third-order valence-electron chi connectivity index (χ3n) is 6.89. The molecule has 1 aromatic heterocycles. The van der Waals surface area contributed by atoms with Gasteiger partial charge < -0.3 is 9.42 Å². The van der Waals surface area contributed by atoms with Crippen LogP contribution >= 0.6 is 0 Å². The lowest BCUT2D eigenvalue weighted by atomic mass is 10.0. The van der Waals surface area contributed by atoms with Crippen molar-refractivity contribution in [3.8, 4) is 11.3 Å². The van der Waals surface area contributed by atoms with Crippen molar-refractivity contribution in [1.82, 2.24) is 15.0 Å². The van der Waals surface area contributed by atoms with Gasteiger partial charge in [-0.1, -0.05) is 72.7 Å². The van der Waals surface area contributed by atoms with Crippen LogP contribution < -0.4 is 4.90 Å². The number of fused-ring (bicyclic) bond motifs is 1. The zero-order chi connectivity index (χ0) is 23.2. The standard InChI is InChI=1S/C29H34N4O/c1-2-31(16-9-17-32-18-20-33(21-19-32)25-12-4-3-5-13-25)23-26-22-29(30-34-26)28-15-8-11-24-10-6-7-14-27(24)28/h3-8,10-15,22H,2,9,16-21,23H2,1H3. The molecule has 5 rings (SSSR count). The lowest BCUT2D eigenvalue weighted by molar-refractivity contribution is 0.206. The molecular formula is C29H34N4O. The van der Waals surface area contributed by atoms with E-state index in [2.05, 4.69) is 106 Å². The monoisotopic (exact) mass is 454 g/mol. The maximum absolute atomic E-state index is 5.74. The number of nitrogens with zero attached hydrogens (tertiary/aromatic N) is 4. The highest BCUT2D eigenvalue weighted by Gasteiger charge is 2.17. The first kappa shape index (κ1) is 22.6. The fourth-order valence-electron chi connectivity index (χ4n) is 4.92. The van der Waals surface area contributed by atoms with Gasteiger partial charge in [0.05, 0.1) is 6.54 Å². The van der Waals surface area contributed by atoms with E-state index in [9.17, 15) is 0 Å². The van der Waals surface area contributed by atoms with Crippen LogP contribution in [0.3, 0.4) is 0 Å². The van der Waals surface area contributed by atoms with Gasteiger partial charge in [-0.15, -0.1) is 0 Å². The Morgan fingerprint density at radius 2 is 1.65 bits per heavy atom. The molecule has 0 unspecified atom stereocenters. The van der Waals surface area contributed by atoms with Gasteiger partial charge in [-0.3, -0.25) is 9.80 Å². The molecule has 2 heterocycles. The Hall–Kier alpha value is -3.15. The van der Waals surface area contributed by atoms with E-state index in [1.165, 1.54) is 22.9 Å². The molecule has 0 amide bonds. The first-order valence-corrected chi connectivity index (χ1v) is 12.5. The minimum Gasteiger partial charge on any atom is -0.369 e. The van der Waals surface area contributed by atoms with Crippen molar-refractivity contribution in [2.45, 2.75) is 19.9 Å². The van der Waals surface area contributed by atoms with Gasteiger partial charge in [0.25, 0.3) is 0 Å². The van der Waals surface area contributed by atoms with Gasteiger partial charge in [-0.2, -0.15) is 0 Å². The smallest absolute Gasteiger partial charge is 0.151 e. The number of piperazine rings is 1. The number of hydrogen-bond acceptors (Lipinski definition) is 5. The zero-order valence-electron chi connectivity index (χ0n) is 20.1. The number of hydrogen-bond donors (Lipinski definition) is 0. The highest BCUT2D eigenvalue weighted by molar-refractivity contribution is 5.95. The van der Waals surface area contributed by atoms with Crippen molar-refractivity contribution >= 4 is 16.5 Å². The topological polar surface area (TPSA) is 35.8 Å². The molecule has 0 bridgehead atoms. The molecule has 34 heavy (non-hydrogen) atoms. The minimum absolute atomic E-state index is 0.802. The quantitative estimate of drug-likeness (QED) is 0.332. The number of aromatic nitrogens is 1. The minimum atomic E-state index is 0.802. The van der Waals surface area contributed by atoms with Crippen LogP contribution in [0.25, 0.3) is 22.0 Å². The summed E-state index contributed by atoms with van der Waals surface area (Å²) in [7, 11) is 0. The summed E-state index contributed by atoms with van der Waals surface area (Å²) < 4.78 is 5.74. The molecule has 1 saturated heterocycles. The Balaban J connectivity index is 1.11. The molecule has 1 aliphatic heterocycles. The molecular weight excluding hydrogens is 420 g/mol. The Morgan fingerprint density at radius 3 is 2.47 bits per heavy atom. The molecule has 176 valence electrons. The van der Waals surface area contributed by atoms with Crippen molar-refractivity contribution in [3.05, 3.63) is 84.6 Å². The molecule has 0 N–H and O–H groups in total. The van der Waals surface area contributed by atoms with Crippen molar-refractivity contribution in [2.75, 3.05) is 50.7 Å². The Bertz CT molecular complexity index is 1180. The van der Waals surface area contributed by atoms with Crippen molar-refractivity contribution in [3.63, 3.8) is 0 Å². The summed E-state index contributed by atoms with van der Waals surface area (Å²) in [4.78, 5) is 7.54. The van der Waals surface area contributed by atoms with Crippen LogP contribution in [0, 0.1) is 0 Å². The zero-order valence-corrected chi connectivity index (χ0v) is 20.1. The summed E-state index contributed by atoms with van der Waals surface area (Å²) in [6, 6.07) is 27.7. The van der Waals surface area contributed by atoms with Crippen molar-refractivity contribution in [2.24, 2.45) is 0 Å². The van der Waals surface area contributed by atoms with Gasteiger partial charge >= 0.3 is 0 Å².